The molecule has 0 spiro atoms. The van der Waals surface area contributed by atoms with Gasteiger partial charge in [-0.05, 0) is 30.0 Å². The minimum absolute atomic E-state index is 0.383. The first-order chi connectivity index (χ1) is 10.1. The molecule has 3 nitrogen and oxygen atoms in total. The molecule has 1 aromatic carbocycles. The second-order valence-electron chi connectivity index (χ2n) is 5.48. The van der Waals surface area contributed by atoms with Crippen LogP contribution in [0.15, 0.2) is 30.3 Å². The Morgan fingerprint density at radius 2 is 2.00 bits per heavy atom. The van der Waals surface area contributed by atoms with Gasteiger partial charge in [-0.2, -0.15) is 0 Å². The molecule has 21 heavy (non-hydrogen) atoms. The van der Waals surface area contributed by atoms with Gasteiger partial charge in [-0.15, -0.1) is 0 Å². The Hall–Kier alpha value is -1.61. The van der Waals surface area contributed by atoms with E-state index in [1.54, 1.807) is 0 Å². The van der Waals surface area contributed by atoms with E-state index in [1.165, 1.54) is 0 Å². The summed E-state index contributed by atoms with van der Waals surface area (Å²) in [6, 6.07) is 9.90. The normalized spacial score (nSPS) is 10.9. The van der Waals surface area contributed by atoms with Crippen molar-refractivity contribution in [1.82, 2.24) is 9.97 Å². The lowest BCUT2D eigenvalue weighted by Crippen LogP contribution is -2.08. The molecule has 0 fully saturated rings. The molecule has 0 aliphatic rings. The average Bonchev–Trinajstić information content (AvgIpc) is 2.45. The molecule has 2 aromatic rings. The van der Waals surface area contributed by atoms with Crippen LogP contribution in [0.5, 0.6) is 0 Å². The van der Waals surface area contributed by atoms with Crippen LogP contribution in [0.3, 0.4) is 0 Å². The van der Waals surface area contributed by atoms with Gasteiger partial charge in [0.25, 0.3) is 0 Å². The number of hydrogen-bond donors (Lipinski definition) is 1. The third-order valence-electron chi connectivity index (χ3n) is 3.19. The highest BCUT2D eigenvalue weighted by Crippen LogP contribution is 2.18. The predicted molar refractivity (Wildman–Crippen MR) is 89.2 cm³/mol. The quantitative estimate of drug-likeness (QED) is 0.843. The number of aromatic nitrogens is 2. The Labute approximate surface area is 131 Å². The molecule has 4 heteroatoms. The summed E-state index contributed by atoms with van der Waals surface area (Å²) in [6.45, 7) is 7.36. The molecule has 1 N–H and O–H groups in total. The summed E-state index contributed by atoms with van der Waals surface area (Å²) in [5, 5.41) is 4.10. The molecule has 0 saturated carbocycles. The topological polar surface area (TPSA) is 37.8 Å². The monoisotopic (exact) mass is 303 g/mol. The Kier molecular flexibility index (Phi) is 5.57. The zero-order valence-electron chi connectivity index (χ0n) is 12.9. The Morgan fingerprint density at radius 1 is 1.19 bits per heavy atom. The van der Waals surface area contributed by atoms with Crippen molar-refractivity contribution in [3.63, 3.8) is 0 Å². The zero-order valence-corrected chi connectivity index (χ0v) is 13.6. The first-order valence-electron chi connectivity index (χ1n) is 7.44. The van der Waals surface area contributed by atoms with Crippen LogP contribution in [0.25, 0.3) is 0 Å². The molecule has 1 aromatic heterocycles. The second-order valence-corrected chi connectivity index (χ2v) is 5.92. The third-order valence-corrected chi connectivity index (χ3v) is 3.43. The van der Waals surface area contributed by atoms with Gasteiger partial charge in [0.2, 0.25) is 0 Å². The molecule has 1 heterocycles. The number of anilines is 1. The fourth-order valence-electron chi connectivity index (χ4n) is 2.07. The lowest BCUT2D eigenvalue weighted by Gasteiger charge is -2.11. The van der Waals surface area contributed by atoms with Crippen LogP contribution in [-0.4, -0.2) is 16.5 Å². The smallest absolute Gasteiger partial charge is 0.135 e. The minimum Gasteiger partial charge on any atom is -0.370 e. The molecule has 0 atom stereocenters. The van der Waals surface area contributed by atoms with E-state index in [-0.39, 0.29) is 0 Å². The molecule has 0 radical (unpaired) electrons. The second kappa shape index (κ2) is 7.41. The van der Waals surface area contributed by atoms with Gasteiger partial charge in [0.05, 0.1) is 0 Å². The predicted octanol–water partition coefficient (Wildman–Crippen LogP) is 4.67. The van der Waals surface area contributed by atoms with Crippen molar-refractivity contribution in [2.24, 2.45) is 0 Å². The zero-order chi connectivity index (χ0) is 15.2. The highest BCUT2D eigenvalue weighted by Gasteiger charge is 2.08. The molecule has 0 aliphatic carbocycles. The highest BCUT2D eigenvalue weighted by molar-refractivity contribution is 6.30. The van der Waals surface area contributed by atoms with Crippen LogP contribution in [-0.2, 0) is 6.42 Å². The molecular formula is C17H22ClN3. The maximum atomic E-state index is 6.04. The number of nitrogens with one attached hydrogen (secondary N) is 1. The van der Waals surface area contributed by atoms with Crippen molar-refractivity contribution in [1.29, 1.82) is 0 Å². The SMILES string of the molecule is CCCNc1cc(C(C)C)nc(Cc2cccc(Cl)c2)n1. The van der Waals surface area contributed by atoms with Gasteiger partial charge >= 0.3 is 0 Å². The summed E-state index contributed by atoms with van der Waals surface area (Å²) < 4.78 is 0. The molecule has 112 valence electrons. The van der Waals surface area contributed by atoms with Gasteiger partial charge in [0.15, 0.2) is 0 Å². The number of halogens is 1. The minimum atomic E-state index is 0.383. The number of benzene rings is 1. The van der Waals surface area contributed by atoms with E-state index in [4.69, 9.17) is 11.6 Å². The lowest BCUT2D eigenvalue weighted by molar-refractivity contribution is 0.790. The van der Waals surface area contributed by atoms with Crippen molar-refractivity contribution in [2.45, 2.75) is 39.5 Å². The maximum Gasteiger partial charge on any atom is 0.135 e. The van der Waals surface area contributed by atoms with Gasteiger partial charge in [-0.3, -0.25) is 0 Å². The molecular weight excluding hydrogens is 282 g/mol. The lowest BCUT2D eigenvalue weighted by atomic mass is 10.1. The number of hydrogen-bond acceptors (Lipinski definition) is 3. The maximum absolute atomic E-state index is 6.04. The van der Waals surface area contributed by atoms with Crippen LogP contribution in [0, 0.1) is 0 Å². The number of rotatable bonds is 6. The summed E-state index contributed by atoms with van der Waals surface area (Å²) in [5.41, 5.74) is 2.20. The molecule has 0 bridgehead atoms. The summed E-state index contributed by atoms with van der Waals surface area (Å²) in [4.78, 5) is 9.28. The van der Waals surface area contributed by atoms with Gasteiger partial charge < -0.3 is 5.32 Å². The summed E-state index contributed by atoms with van der Waals surface area (Å²) in [6.07, 6.45) is 1.77. The summed E-state index contributed by atoms with van der Waals surface area (Å²) in [5.74, 6) is 2.13. The van der Waals surface area contributed by atoms with E-state index in [0.29, 0.717) is 12.3 Å². The summed E-state index contributed by atoms with van der Waals surface area (Å²) >= 11 is 6.04. The van der Waals surface area contributed by atoms with Crippen molar-refractivity contribution >= 4 is 17.4 Å². The Bertz CT molecular complexity index is 596. The summed E-state index contributed by atoms with van der Waals surface area (Å²) in [7, 11) is 0. The van der Waals surface area contributed by atoms with Crippen molar-refractivity contribution < 1.29 is 0 Å². The molecule has 0 saturated heterocycles. The van der Waals surface area contributed by atoms with Crippen LogP contribution >= 0.6 is 11.6 Å². The van der Waals surface area contributed by atoms with Crippen LogP contribution in [0.4, 0.5) is 5.82 Å². The van der Waals surface area contributed by atoms with Crippen LogP contribution < -0.4 is 5.32 Å². The largest absolute Gasteiger partial charge is 0.370 e. The van der Waals surface area contributed by atoms with Crippen LogP contribution in [0.1, 0.15) is 50.2 Å². The van der Waals surface area contributed by atoms with Gasteiger partial charge in [-0.1, -0.05) is 44.5 Å². The van der Waals surface area contributed by atoms with Crippen molar-refractivity contribution in [3.8, 4) is 0 Å². The van der Waals surface area contributed by atoms with E-state index < -0.39 is 0 Å². The molecule has 0 amide bonds. The molecule has 0 unspecified atom stereocenters. The highest BCUT2D eigenvalue weighted by atomic mass is 35.5. The fraction of sp³-hybridized carbons (Fsp3) is 0.412. The molecule has 2 rings (SSSR count). The first-order valence-corrected chi connectivity index (χ1v) is 7.82. The fourth-order valence-corrected chi connectivity index (χ4v) is 2.28. The first kappa shape index (κ1) is 15.8. The standard InChI is InChI=1S/C17H22ClN3/c1-4-8-19-16-11-15(12(2)3)20-17(21-16)10-13-6-5-7-14(18)9-13/h5-7,9,11-12H,4,8,10H2,1-3H3,(H,19,20,21). The molecule has 0 aliphatic heterocycles. The third kappa shape index (κ3) is 4.71. The average molecular weight is 304 g/mol. The van der Waals surface area contributed by atoms with Crippen molar-refractivity contribution in [2.75, 3.05) is 11.9 Å². The van der Waals surface area contributed by atoms with E-state index in [0.717, 1.165) is 40.9 Å². The van der Waals surface area contributed by atoms with E-state index >= 15 is 0 Å². The number of nitrogens with zero attached hydrogens (tertiary/aromatic N) is 2. The van der Waals surface area contributed by atoms with Crippen LogP contribution in [0.2, 0.25) is 5.02 Å². The van der Waals surface area contributed by atoms with E-state index in [2.05, 4.69) is 42.1 Å². The van der Waals surface area contributed by atoms with Gasteiger partial charge in [0, 0.05) is 29.7 Å². The van der Waals surface area contributed by atoms with Crippen molar-refractivity contribution in [3.05, 3.63) is 52.4 Å². The Balaban J connectivity index is 2.26. The van der Waals surface area contributed by atoms with E-state index in [1.807, 2.05) is 24.3 Å². The Morgan fingerprint density at radius 3 is 2.67 bits per heavy atom. The van der Waals surface area contributed by atoms with Gasteiger partial charge in [-0.25, -0.2) is 9.97 Å². The van der Waals surface area contributed by atoms with E-state index in [9.17, 15) is 0 Å². The van der Waals surface area contributed by atoms with Gasteiger partial charge in [0.1, 0.15) is 11.6 Å².